The van der Waals surface area contributed by atoms with Gasteiger partial charge in [0.15, 0.2) is 0 Å². The fourth-order valence-corrected chi connectivity index (χ4v) is 0.768. The number of carboxylic acid groups (broad SMARTS) is 1. The monoisotopic (exact) mass is 175 g/mol. The number of likely N-dealkylation sites (N-methyl/N-ethyl adjacent to an activating group) is 1. The summed E-state index contributed by atoms with van der Waals surface area (Å²) in [6.07, 6.45) is 1.40. The van der Waals surface area contributed by atoms with Gasteiger partial charge >= 0.3 is 11.9 Å². The van der Waals surface area contributed by atoms with Gasteiger partial charge in [0.05, 0.1) is 0 Å². The normalized spacial score (nSPS) is 11.7. The van der Waals surface area contributed by atoms with Crippen molar-refractivity contribution in [2.75, 3.05) is 13.1 Å². The second kappa shape index (κ2) is 4.20. The van der Waals surface area contributed by atoms with Crippen LogP contribution in [0.15, 0.2) is 12.7 Å². The number of hydrogen-bond acceptors (Lipinski definition) is 4. The SMILES string of the molecule is C=CCN(CC)C(O)(O)C(=O)O. The zero-order valence-corrected chi connectivity index (χ0v) is 6.90. The Hall–Kier alpha value is -0.910. The lowest BCUT2D eigenvalue weighted by molar-refractivity contribution is -0.260. The van der Waals surface area contributed by atoms with E-state index in [1.165, 1.54) is 6.08 Å². The van der Waals surface area contributed by atoms with Gasteiger partial charge < -0.3 is 15.3 Å². The van der Waals surface area contributed by atoms with E-state index in [1.54, 1.807) is 6.92 Å². The van der Waals surface area contributed by atoms with Gasteiger partial charge in [0.1, 0.15) is 0 Å². The summed E-state index contributed by atoms with van der Waals surface area (Å²) in [7, 11) is 0. The van der Waals surface area contributed by atoms with Gasteiger partial charge in [-0.1, -0.05) is 13.0 Å². The van der Waals surface area contributed by atoms with E-state index >= 15 is 0 Å². The number of carboxylic acids is 1. The Kier molecular flexibility index (Phi) is 3.88. The zero-order valence-electron chi connectivity index (χ0n) is 6.90. The molecule has 0 saturated heterocycles. The van der Waals surface area contributed by atoms with Crippen molar-refractivity contribution in [1.29, 1.82) is 0 Å². The molecule has 0 aromatic carbocycles. The molecule has 0 fully saturated rings. The summed E-state index contributed by atoms with van der Waals surface area (Å²) in [5, 5.41) is 26.4. The second-order valence-electron chi connectivity index (χ2n) is 2.27. The molecule has 0 unspecified atom stereocenters. The fraction of sp³-hybridized carbons (Fsp3) is 0.571. The summed E-state index contributed by atoms with van der Waals surface area (Å²) in [4.78, 5) is 11.3. The zero-order chi connectivity index (χ0) is 9.78. The molecule has 5 nitrogen and oxygen atoms in total. The maximum Gasteiger partial charge on any atom is 0.381 e. The molecule has 5 heteroatoms. The summed E-state index contributed by atoms with van der Waals surface area (Å²) in [6.45, 7) is 5.30. The molecule has 0 bridgehead atoms. The largest absolute Gasteiger partial charge is 0.476 e. The molecule has 0 radical (unpaired) electrons. The van der Waals surface area contributed by atoms with Gasteiger partial charge in [0.25, 0.3) is 0 Å². The predicted octanol–water partition coefficient (Wildman–Crippen LogP) is -0.783. The third-order valence-electron chi connectivity index (χ3n) is 1.46. The molecule has 12 heavy (non-hydrogen) atoms. The lowest BCUT2D eigenvalue weighted by atomic mass is 10.3. The van der Waals surface area contributed by atoms with E-state index in [2.05, 4.69) is 6.58 Å². The van der Waals surface area contributed by atoms with Crippen LogP contribution in [0.5, 0.6) is 0 Å². The number of aliphatic carboxylic acids is 1. The summed E-state index contributed by atoms with van der Waals surface area (Å²) in [5.41, 5.74) is 0. The third-order valence-corrected chi connectivity index (χ3v) is 1.46. The highest BCUT2D eigenvalue weighted by molar-refractivity contribution is 5.74. The minimum Gasteiger partial charge on any atom is -0.476 e. The molecule has 0 aliphatic heterocycles. The van der Waals surface area contributed by atoms with Crippen molar-refractivity contribution in [2.24, 2.45) is 0 Å². The van der Waals surface area contributed by atoms with Crippen LogP contribution in [0.3, 0.4) is 0 Å². The quantitative estimate of drug-likeness (QED) is 0.377. The molecule has 0 aliphatic rings. The van der Waals surface area contributed by atoms with Crippen molar-refractivity contribution < 1.29 is 20.1 Å². The number of carbonyl (C=O) groups is 1. The average molecular weight is 175 g/mol. The molecule has 3 N–H and O–H groups in total. The highest BCUT2D eigenvalue weighted by Crippen LogP contribution is 2.07. The van der Waals surface area contributed by atoms with Crippen molar-refractivity contribution in [3.63, 3.8) is 0 Å². The highest BCUT2D eigenvalue weighted by atomic mass is 16.6. The maximum atomic E-state index is 10.3. The smallest absolute Gasteiger partial charge is 0.381 e. The first-order valence-electron chi connectivity index (χ1n) is 3.50. The molecule has 0 rings (SSSR count). The molecule has 70 valence electrons. The summed E-state index contributed by atoms with van der Waals surface area (Å²) in [6, 6.07) is 0. The van der Waals surface area contributed by atoms with Gasteiger partial charge in [-0.05, 0) is 0 Å². The number of rotatable bonds is 5. The molecule has 0 amide bonds. The second-order valence-corrected chi connectivity index (χ2v) is 2.27. The number of aliphatic hydroxyl groups is 2. The Bertz CT molecular complexity index is 178. The minimum absolute atomic E-state index is 0.107. The summed E-state index contributed by atoms with van der Waals surface area (Å²) < 4.78 is 0. The van der Waals surface area contributed by atoms with Crippen LogP contribution in [0.2, 0.25) is 0 Å². The summed E-state index contributed by atoms with van der Waals surface area (Å²) >= 11 is 0. The summed E-state index contributed by atoms with van der Waals surface area (Å²) in [5.74, 6) is -4.49. The topological polar surface area (TPSA) is 81.0 Å². The first kappa shape index (κ1) is 11.1. The Morgan fingerprint density at radius 3 is 2.42 bits per heavy atom. The first-order valence-corrected chi connectivity index (χ1v) is 3.50. The predicted molar refractivity (Wildman–Crippen MR) is 42.2 cm³/mol. The molecular weight excluding hydrogens is 162 g/mol. The van der Waals surface area contributed by atoms with E-state index in [1.807, 2.05) is 0 Å². The van der Waals surface area contributed by atoms with Gasteiger partial charge in [-0.15, -0.1) is 6.58 Å². The fourth-order valence-electron chi connectivity index (χ4n) is 0.768. The molecule has 0 heterocycles. The Morgan fingerprint density at radius 2 is 2.17 bits per heavy atom. The Labute approximate surface area is 70.5 Å². The highest BCUT2D eigenvalue weighted by Gasteiger charge is 2.38. The van der Waals surface area contributed by atoms with Crippen molar-refractivity contribution >= 4 is 5.97 Å². The van der Waals surface area contributed by atoms with Crippen LogP contribution in [0.4, 0.5) is 0 Å². The third kappa shape index (κ3) is 2.30. The first-order chi connectivity index (χ1) is 5.46. The number of nitrogens with zero attached hydrogens (tertiary/aromatic N) is 1. The van der Waals surface area contributed by atoms with E-state index in [9.17, 15) is 4.79 Å². The van der Waals surface area contributed by atoms with Crippen LogP contribution in [-0.2, 0) is 4.79 Å². The van der Waals surface area contributed by atoms with Crippen molar-refractivity contribution in [2.45, 2.75) is 12.8 Å². The minimum atomic E-state index is -2.80. The van der Waals surface area contributed by atoms with Gasteiger partial charge in [-0.3, -0.25) is 0 Å². The van der Waals surface area contributed by atoms with E-state index < -0.39 is 11.9 Å². The van der Waals surface area contributed by atoms with E-state index in [0.717, 1.165) is 4.90 Å². The molecule has 0 spiro atoms. The van der Waals surface area contributed by atoms with E-state index in [-0.39, 0.29) is 13.1 Å². The number of hydrogen-bond donors (Lipinski definition) is 3. The lowest BCUT2D eigenvalue weighted by Crippen LogP contribution is -2.54. The molecule has 0 aromatic rings. The maximum absolute atomic E-state index is 10.3. The van der Waals surface area contributed by atoms with Gasteiger partial charge in [-0.2, -0.15) is 0 Å². The Morgan fingerprint density at radius 1 is 1.67 bits per heavy atom. The van der Waals surface area contributed by atoms with Crippen molar-refractivity contribution in [3.05, 3.63) is 12.7 Å². The van der Waals surface area contributed by atoms with Crippen LogP contribution in [-0.4, -0.2) is 45.2 Å². The average Bonchev–Trinajstić information content (AvgIpc) is 1.99. The van der Waals surface area contributed by atoms with Gasteiger partial charge in [-0.25, -0.2) is 9.69 Å². The van der Waals surface area contributed by atoms with Gasteiger partial charge in [0.2, 0.25) is 0 Å². The Balaban J connectivity index is 4.46. The van der Waals surface area contributed by atoms with E-state index in [4.69, 9.17) is 15.3 Å². The van der Waals surface area contributed by atoms with Crippen LogP contribution in [0.1, 0.15) is 6.92 Å². The van der Waals surface area contributed by atoms with Crippen molar-refractivity contribution in [1.82, 2.24) is 4.90 Å². The molecule has 0 aromatic heterocycles. The van der Waals surface area contributed by atoms with Crippen LogP contribution in [0.25, 0.3) is 0 Å². The molecule has 0 aliphatic carbocycles. The standard InChI is InChI=1S/C7H13NO4/c1-3-5-8(4-2)7(11,12)6(9)10/h3,11-12H,1,4-5H2,2H3,(H,9,10). The lowest BCUT2D eigenvalue weighted by Gasteiger charge is -2.29. The molecular formula is C7H13NO4. The van der Waals surface area contributed by atoms with Crippen molar-refractivity contribution in [3.8, 4) is 0 Å². The van der Waals surface area contributed by atoms with Crippen LogP contribution in [0, 0.1) is 0 Å². The molecule has 0 saturated carbocycles. The molecule has 0 atom stereocenters. The van der Waals surface area contributed by atoms with Crippen LogP contribution >= 0.6 is 0 Å². The van der Waals surface area contributed by atoms with Crippen LogP contribution < -0.4 is 0 Å². The van der Waals surface area contributed by atoms with Gasteiger partial charge in [0, 0.05) is 13.1 Å². The van der Waals surface area contributed by atoms with E-state index in [0.29, 0.717) is 0 Å².